The summed E-state index contributed by atoms with van der Waals surface area (Å²) in [6.45, 7) is 2.12. The van der Waals surface area contributed by atoms with Crippen LogP contribution in [0.3, 0.4) is 0 Å². The molecule has 3 nitrogen and oxygen atoms in total. The fourth-order valence-electron chi connectivity index (χ4n) is 0.499. The van der Waals surface area contributed by atoms with E-state index in [4.69, 9.17) is 14.9 Å². The van der Waals surface area contributed by atoms with Crippen LogP contribution < -0.4 is 0 Å². The highest BCUT2D eigenvalue weighted by atomic mass is 16.6. The number of hydrogen-bond donors (Lipinski definition) is 2. The van der Waals surface area contributed by atoms with E-state index >= 15 is 0 Å². The third-order valence-corrected chi connectivity index (χ3v) is 1.48. The van der Waals surface area contributed by atoms with Crippen LogP contribution in [0, 0.1) is 0 Å². The van der Waals surface area contributed by atoms with Crippen LogP contribution in [-0.4, -0.2) is 35.1 Å². The van der Waals surface area contributed by atoms with Gasteiger partial charge in [-0.25, -0.2) is 0 Å². The molecule has 1 aliphatic rings. The molecule has 1 aliphatic heterocycles. The lowest BCUT2D eigenvalue weighted by Gasteiger charge is -2.09. The number of aliphatic hydroxyl groups is 2. The lowest BCUT2D eigenvalue weighted by atomic mass is 10.1. The number of ether oxygens (including phenoxy) is 1. The summed E-state index contributed by atoms with van der Waals surface area (Å²) in [6, 6.07) is 0. The normalized spacial score (nSPS) is 39.4. The molecule has 2 N–H and O–H groups in total. The molecule has 0 aromatic heterocycles. The number of rotatable bonds is 2. The molecule has 1 saturated heterocycles. The van der Waals surface area contributed by atoms with Crippen LogP contribution in [0.2, 0.25) is 0 Å². The van der Waals surface area contributed by atoms with E-state index in [1.807, 2.05) is 0 Å². The van der Waals surface area contributed by atoms with Crippen LogP contribution in [-0.2, 0) is 4.74 Å². The van der Waals surface area contributed by atoms with E-state index in [1.54, 1.807) is 6.92 Å². The fraction of sp³-hybridized carbons (Fsp3) is 1.00. The average molecular weight is 118 g/mol. The van der Waals surface area contributed by atoms with Crippen LogP contribution in [0.25, 0.3) is 0 Å². The molecule has 1 heterocycles. The highest BCUT2D eigenvalue weighted by Crippen LogP contribution is 2.29. The van der Waals surface area contributed by atoms with Gasteiger partial charge in [0.25, 0.3) is 0 Å². The number of aliphatic hydroxyl groups excluding tert-OH is 2. The van der Waals surface area contributed by atoms with Gasteiger partial charge in [-0.2, -0.15) is 0 Å². The quantitative estimate of drug-likeness (QED) is 0.463. The SMILES string of the molecule is CC1([C@H](O)CO)CO1. The van der Waals surface area contributed by atoms with Gasteiger partial charge in [-0.15, -0.1) is 0 Å². The minimum absolute atomic E-state index is 0.212. The molecular weight excluding hydrogens is 108 g/mol. The molecule has 0 aromatic rings. The molecule has 3 heteroatoms. The van der Waals surface area contributed by atoms with E-state index in [0.717, 1.165) is 0 Å². The van der Waals surface area contributed by atoms with Crippen LogP contribution in [0.5, 0.6) is 0 Å². The van der Waals surface area contributed by atoms with Gasteiger partial charge in [-0.1, -0.05) is 0 Å². The standard InChI is InChI=1S/C5H10O3/c1-5(3-8-5)4(7)2-6/h4,6-7H,2-3H2,1H3/t4-,5?/m1/s1. The van der Waals surface area contributed by atoms with Gasteiger partial charge in [0.2, 0.25) is 0 Å². The van der Waals surface area contributed by atoms with E-state index in [9.17, 15) is 0 Å². The highest BCUT2D eigenvalue weighted by Gasteiger charge is 2.45. The molecule has 0 saturated carbocycles. The van der Waals surface area contributed by atoms with Crippen molar-refractivity contribution in [2.45, 2.75) is 18.6 Å². The van der Waals surface area contributed by atoms with Gasteiger partial charge >= 0.3 is 0 Å². The van der Waals surface area contributed by atoms with Gasteiger partial charge in [-0.05, 0) is 6.92 Å². The van der Waals surface area contributed by atoms with Gasteiger partial charge < -0.3 is 14.9 Å². The Labute approximate surface area is 47.9 Å². The van der Waals surface area contributed by atoms with Crippen molar-refractivity contribution >= 4 is 0 Å². The van der Waals surface area contributed by atoms with Crippen LogP contribution in [0.1, 0.15) is 6.92 Å². The van der Waals surface area contributed by atoms with Gasteiger partial charge in [0, 0.05) is 0 Å². The first kappa shape index (κ1) is 6.01. The molecule has 48 valence electrons. The number of hydrogen-bond acceptors (Lipinski definition) is 3. The molecule has 1 unspecified atom stereocenters. The molecule has 0 spiro atoms. The van der Waals surface area contributed by atoms with Crippen molar-refractivity contribution in [3.8, 4) is 0 Å². The molecule has 1 fully saturated rings. The van der Waals surface area contributed by atoms with E-state index in [2.05, 4.69) is 0 Å². The van der Waals surface area contributed by atoms with Crippen molar-refractivity contribution in [1.82, 2.24) is 0 Å². The smallest absolute Gasteiger partial charge is 0.117 e. The summed E-state index contributed by atoms with van der Waals surface area (Å²) in [5, 5.41) is 17.3. The molecule has 0 aliphatic carbocycles. The van der Waals surface area contributed by atoms with Crippen LogP contribution in [0.15, 0.2) is 0 Å². The third-order valence-electron chi connectivity index (χ3n) is 1.48. The Hall–Kier alpha value is -0.120. The minimum atomic E-state index is -0.706. The molecule has 0 radical (unpaired) electrons. The lowest BCUT2D eigenvalue weighted by Crippen LogP contribution is -2.29. The zero-order valence-corrected chi connectivity index (χ0v) is 4.79. The summed E-state index contributed by atoms with van der Waals surface area (Å²) in [7, 11) is 0. The second kappa shape index (κ2) is 1.69. The Morgan fingerprint density at radius 1 is 1.88 bits per heavy atom. The first-order chi connectivity index (χ1) is 3.69. The Balaban J connectivity index is 2.34. The van der Waals surface area contributed by atoms with Crippen LogP contribution >= 0.6 is 0 Å². The second-order valence-corrected chi connectivity index (χ2v) is 2.30. The molecule has 8 heavy (non-hydrogen) atoms. The van der Waals surface area contributed by atoms with Gasteiger partial charge in [0.05, 0.1) is 13.2 Å². The first-order valence-corrected chi connectivity index (χ1v) is 2.62. The summed E-state index contributed by atoms with van der Waals surface area (Å²) in [5.41, 5.74) is -0.436. The Morgan fingerprint density at radius 3 is 2.50 bits per heavy atom. The maximum Gasteiger partial charge on any atom is 0.117 e. The maximum absolute atomic E-state index is 8.88. The van der Waals surface area contributed by atoms with Crippen molar-refractivity contribution in [2.75, 3.05) is 13.2 Å². The zero-order valence-electron chi connectivity index (χ0n) is 4.79. The van der Waals surface area contributed by atoms with Crippen LogP contribution in [0.4, 0.5) is 0 Å². The van der Waals surface area contributed by atoms with Gasteiger partial charge in [0.1, 0.15) is 11.7 Å². The molecule has 1 rings (SSSR count). The van der Waals surface area contributed by atoms with Crippen molar-refractivity contribution in [2.24, 2.45) is 0 Å². The second-order valence-electron chi connectivity index (χ2n) is 2.30. The largest absolute Gasteiger partial charge is 0.394 e. The van der Waals surface area contributed by atoms with E-state index in [1.165, 1.54) is 0 Å². The van der Waals surface area contributed by atoms with Crippen molar-refractivity contribution < 1.29 is 14.9 Å². The minimum Gasteiger partial charge on any atom is -0.394 e. The summed E-state index contributed by atoms with van der Waals surface area (Å²) in [4.78, 5) is 0. The van der Waals surface area contributed by atoms with Crippen molar-refractivity contribution in [3.63, 3.8) is 0 Å². The van der Waals surface area contributed by atoms with Crippen molar-refractivity contribution in [1.29, 1.82) is 0 Å². The third kappa shape index (κ3) is 0.844. The first-order valence-electron chi connectivity index (χ1n) is 2.62. The predicted octanol–water partition coefficient (Wildman–Crippen LogP) is -0.872. The lowest BCUT2D eigenvalue weighted by molar-refractivity contribution is 0.0338. The summed E-state index contributed by atoms with van der Waals surface area (Å²) in [5.74, 6) is 0. The monoisotopic (exact) mass is 118 g/mol. The highest BCUT2D eigenvalue weighted by molar-refractivity contribution is 4.93. The summed E-state index contributed by atoms with van der Waals surface area (Å²) < 4.78 is 4.84. The zero-order chi connectivity index (χ0) is 6.20. The van der Waals surface area contributed by atoms with E-state index in [-0.39, 0.29) is 6.61 Å². The van der Waals surface area contributed by atoms with Gasteiger partial charge in [-0.3, -0.25) is 0 Å². The summed E-state index contributed by atoms with van der Waals surface area (Å²) in [6.07, 6.45) is -0.706. The number of epoxide rings is 1. The molecule has 0 bridgehead atoms. The maximum atomic E-state index is 8.88. The Kier molecular flexibility index (Phi) is 1.27. The van der Waals surface area contributed by atoms with E-state index < -0.39 is 11.7 Å². The molecule has 2 atom stereocenters. The Morgan fingerprint density at radius 2 is 2.38 bits per heavy atom. The molecule has 0 aromatic carbocycles. The van der Waals surface area contributed by atoms with Gasteiger partial charge in [0.15, 0.2) is 0 Å². The molecular formula is C5H10O3. The Bertz CT molecular complexity index is 87.7. The van der Waals surface area contributed by atoms with Crippen molar-refractivity contribution in [3.05, 3.63) is 0 Å². The predicted molar refractivity (Wildman–Crippen MR) is 27.4 cm³/mol. The summed E-state index contributed by atoms with van der Waals surface area (Å²) >= 11 is 0. The fourth-order valence-corrected chi connectivity index (χ4v) is 0.499. The average Bonchev–Trinajstić information content (AvgIpc) is 2.47. The van der Waals surface area contributed by atoms with E-state index in [0.29, 0.717) is 6.61 Å². The molecule has 0 amide bonds. The topological polar surface area (TPSA) is 53.0 Å².